The molecule has 0 heterocycles. The Kier molecular flexibility index (Phi) is 5.85. The van der Waals surface area contributed by atoms with Gasteiger partial charge in [-0.1, -0.05) is 25.0 Å². The molecule has 0 aliphatic rings. The van der Waals surface area contributed by atoms with Crippen molar-refractivity contribution >= 4 is 17.7 Å². The first-order chi connectivity index (χ1) is 9.08. The van der Waals surface area contributed by atoms with Crippen molar-refractivity contribution in [3.05, 3.63) is 29.3 Å². The average Bonchev–Trinajstić information content (AvgIpc) is 2.40. The second kappa shape index (κ2) is 7.41. The number of esters is 1. The number of aryl methyl sites for hydroxylation is 1. The van der Waals surface area contributed by atoms with E-state index in [2.05, 4.69) is 17.6 Å². The third-order valence-corrected chi connectivity index (χ3v) is 2.64. The molecule has 0 spiro atoms. The summed E-state index contributed by atoms with van der Waals surface area (Å²) in [4.78, 5) is 23.3. The number of amides is 2. The van der Waals surface area contributed by atoms with Gasteiger partial charge in [0.15, 0.2) is 0 Å². The fourth-order valence-corrected chi connectivity index (χ4v) is 1.59. The van der Waals surface area contributed by atoms with Crippen molar-refractivity contribution in [3.63, 3.8) is 0 Å². The minimum atomic E-state index is -0.465. The van der Waals surface area contributed by atoms with E-state index < -0.39 is 5.97 Å². The fourth-order valence-electron chi connectivity index (χ4n) is 1.59. The number of hydrogen-bond donors (Lipinski definition) is 2. The van der Waals surface area contributed by atoms with Crippen molar-refractivity contribution in [2.75, 3.05) is 19.0 Å². The van der Waals surface area contributed by atoms with Crippen LogP contribution in [0.5, 0.6) is 0 Å². The summed E-state index contributed by atoms with van der Waals surface area (Å²) in [6, 6.07) is 4.89. The number of urea groups is 1. The molecule has 5 heteroatoms. The molecule has 0 aliphatic heterocycles. The molecule has 0 saturated heterocycles. The normalized spacial score (nSPS) is 9.84. The van der Waals surface area contributed by atoms with Crippen LogP contribution in [0.15, 0.2) is 18.2 Å². The lowest BCUT2D eigenvalue weighted by molar-refractivity contribution is 0.0602. The van der Waals surface area contributed by atoms with E-state index in [1.54, 1.807) is 12.1 Å². The van der Waals surface area contributed by atoms with Crippen molar-refractivity contribution in [2.45, 2.75) is 26.7 Å². The highest BCUT2D eigenvalue weighted by molar-refractivity contribution is 6.00. The summed E-state index contributed by atoms with van der Waals surface area (Å²) in [6.07, 6.45) is 1.93. The zero-order valence-corrected chi connectivity index (χ0v) is 11.6. The van der Waals surface area contributed by atoms with Gasteiger partial charge in [0, 0.05) is 6.54 Å². The second-order valence-corrected chi connectivity index (χ2v) is 4.28. The standard InChI is InChI=1S/C14H20N2O3/c1-4-5-8-15-14(18)16-12-7-6-10(2)9-11(12)13(17)19-3/h6-7,9H,4-5,8H2,1-3H3,(H2,15,16,18). The maximum atomic E-state index is 11.7. The van der Waals surface area contributed by atoms with Crippen LogP contribution in [0.4, 0.5) is 10.5 Å². The predicted octanol–water partition coefficient (Wildman–Crippen LogP) is 2.70. The summed E-state index contributed by atoms with van der Waals surface area (Å²) in [5.41, 5.74) is 1.73. The number of rotatable bonds is 5. The monoisotopic (exact) mass is 264 g/mol. The second-order valence-electron chi connectivity index (χ2n) is 4.28. The van der Waals surface area contributed by atoms with Crippen LogP contribution in [0.25, 0.3) is 0 Å². The molecule has 1 rings (SSSR count). The van der Waals surface area contributed by atoms with Crippen LogP contribution in [0.1, 0.15) is 35.7 Å². The third kappa shape index (κ3) is 4.62. The van der Waals surface area contributed by atoms with E-state index in [9.17, 15) is 9.59 Å². The van der Waals surface area contributed by atoms with Crippen LogP contribution >= 0.6 is 0 Å². The molecule has 2 N–H and O–H groups in total. The van der Waals surface area contributed by atoms with E-state index in [-0.39, 0.29) is 6.03 Å². The van der Waals surface area contributed by atoms with Gasteiger partial charge in [0.25, 0.3) is 0 Å². The van der Waals surface area contributed by atoms with Crippen LogP contribution in [-0.2, 0) is 4.74 Å². The molecule has 0 unspecified atom stereocenters. The first kappa shape index (κ1) is 15.0. The summed E-state index contributed by atoms with van der Waals surface area (Å²) < 4.78 is 4.70. The maximum Gasteiger partial charge on any atom is 0.339 e. The number of unbranched alkanes of at least 4 members (excludes halogenated alkanes) is 1. The SMILES string of the molecule is CCCCNC(=O)Nc1ccc(C)cc1C(=O)OC. The minimum Gasteiger partial charge on any atom is -0.465 e. The Bertz CT molecular complexity index is 458. The van der Waals surface area contributed by atoms with Crippen LogP contribution in [0.2, 0.25) is 0 Å². The van der Waals surface area contributed by atoms with Gasteiger partial charge < -0.3 is 15.4 Å². The number of anilines is 1. The smallest absolute Gasteiger partial charge is 0.339 e. The van der Waals surface area contributed by atoms with Gasteiger partial charge in [0.2, 0.25) is 0 Å². The lowest BCUT2D eigenvalue weighted by Crippen LogP contribution is -2.30. The summed E-state index contributed by atoms with van der Waals surface area (Å²) in [5.74, 6) is -0.465. The molecule has 104 valence electrons. The molecule has 0 aromatic heterocycles. The molecular weight excluding hydrogens is 244 g/mol. The van der Waals surface area contributed by atoms with Gasteiger partial charge in [-0.05, 0) is 25.5 Å². The number of benzene rings is 1. The Hall–Kier alpha value is -2.04. The maximum absolute atomic E-state index is 11.7. The number of ether oxygens (including phenoxy) is 1. The van der Waals surface area contributed by atoms with Crippen molar-refractivity contribution in [1.29, 1.82) is 0 Å². The molecule has 5 nitrogen and oxygen atoms in total. The first-order valence-electron chi connectivity index (χ1n) is 6.32. The van der Waals surface area contributed by atoms with Crippen LogP contribution < -0.4 is 10.6 Å². The van der Waals surface area contributed by atoms with E-state index >= 15 is 0 Å². The van der Waals surface area contributed by atoms with Crippen molar-refractivity contribution < 1.29 is 14.3 Å². The molecular formula is C14H20N2O3. The van der Waals surface area contributed by atoms with Gasteiger partial charge in [-0.3, -0.25) is 0 Å². The average molecular weight is 264 g/mol. The van der Waals surface area contributed by atoms with Gasteiger partial charge in [0.1, 0.15) is 0 Å². The molecule has 0 bridgehead atoms. The van der Waals surface area contributed by atoms with Crippen molar-refractivity contribution in [2.24, 2.45) is 0 Å². The lowest BCUT2D eigenvalue weighted by Gasteiger charge is -2.11. The Morgan fingerprint density at radius 3 is 2.68 bits per heavy atom. The number of methoxy groups -OCH3 is 1. The number of hydrogen-bond acceptors (Lipinski definition) is 3. The van der Waals surface area contributed by atoms with E-state index in [1.165, 1.54) is 7.11 Å². The van der Waals surface area contributed by atoms with Gasteiger partial charge in [-0.2, -0.15) is 0 Å². The third-order valence-electron chi connectivity index (χ3n) is 2.64. The summed E-state index contributed by atoms with van der Waals surface area (Å²) >= 11 is 0. The lowest BCUT2D eigenvalue weighted by atomic mass is 10.1. The van der Waals surface area contributed by atoms with E-state index in [4.69, 9.17) is 4.74 Å². The molecule has 0 fully saturated rings. The molecule has 1 aromatic rings. The number of carbonyl (C=O) groups is 2. The molecule has 0 atom stereocenters. The Balaban J connectivity index is 2.77. The molecule has 2 amide bonds. The Morgan fingerprint density at radius 2 is 2.05 bits per heavy atom. The van der Waals surface area contributed by atoms with Gasteiger partial charge in [0.05, 0.1) is 18.4 Å². The van der Waals surface area contributed by atoms with Gasteiger partial charge >= 0.3 is 12.0 Å². The van der Waals surface area contributed by atoms with Gasteiger partial charge in [-0.15, -0.1) is 0 Å². The van der Waals surface area contributed by atoms with E-state index in [0.717, 1.165) is 18.4 Å². The van der Waals surface area contributed by atoms with E-state index in [0.29, 0.717) is 17.8 Å². The predicted molar refractivity (Wildman–Crippen MR) is 74.4 cm³/mol. The molecule has 19 heavy (non-hydrogen) atoms. The molecule has 0 aliphatic carbocycles. The fraction of sp³-hybridized carbons (Fsp3) is 0.429. The number of carbonyl (C=O) groups excluding carboxylic acids is 2. The molecule has 1 aromatic carbocycles. The van der Waals surface area contributed by atoms with Crippen LogP contribution in [0, 0.1) is 6.92 Å². The Labute approximate surface area is 113 Å². The summed E-state index contributed by atoms with van der Waals surface area (Å²) in [6.45, 7) is 4.54. The molecule has 0 saturated carbocycles. The molecule has 0 radical (unpaired) electrons. The zero-order valence-electron chi connectivity index (χ0n) is 11.6. The minimum absolute atomic E-state index is 0.317. The van der Waals surface area contributed by atoms with Crippen molar-refractivity contribution in [3.8, 4) is 0 Å². The summed E-state index contributed by atoms with van der Waals surface area (Å²) in [7, 11) is 1.32. The van der Waals surface area contributed by atoms with Crippen LogP contribution in [-0.4, -0.2) is 25.7 Å². The Morgan fingerprint density at radius 1 is 1.32 bits per heavy atom. The first-order valence-corrected chi connectivity index (χ1v) is 6.32. The highest BCUT2D eigenvalue weighted by Gasteiger charge is 2.13. The van der Waals surface area contributed by atoms with Crippen LogP contribution in [0.3, 0.4) is 0 Å². The highest BCUT2D eigenvalue weighted by atomic mass is 16.5. The quantitative estimate of drug-likeness (QED) is 0.634. The van der Waals surface area contributed by atoms with E-state index in [1.807, 2.05) is 13.0 Å². The van der Waals surface area contributed by atoms with Gasteiger partial charge in [-0.25, -0.2) is 9.59 Å². The largest absolute Gasteiger partial charge is 0.465 e. The summed E-state index contributed by atoms with van der Waals surface area (Å²) in [5, 5.41) is 5.39. The number of nitrogens with one attached hydrogen (secondary N) is 2. The van der Waals surface area contributed by atoms with Crippen molar-refractivity contribution in [1.82, 2.24) is 5.32 Å². The topological polar surface area (TPSA) is 67.4 Å². The zero-order chi connectivity index (χ0) is 14.3. The highest BCUT2D eigenvalue weighted by Crippen LogP contribution is 2.18.